The fraction of sp³-hybridized carbons (Fsp3) is 0.250. The van der Waals surface area contributed by atoms with Crippen LogP contribution in [0, 0.1) is 0 Å². The summed E-state index contributed by atoms with van der Waals surface area (Å²) in [6.45, 7) is 2.61. The molecule has 1 amide bonds. The SMILES string of the molecule is CCNNC(=O)c1cccnc1. The van der Waals surface area contributed by atoms with E-state index in [4.69, 9.17) is 0 Å². The smallest absolute Gasteiger partial charge is 0.266 e. The van der Waals surface area contributed by atoms with E-state index in [2.05, 4.69) is 15.8 Å². The molecule has 0 aliphatic rings. The topological polar surface area (TPSA) is 54.0 Å². The lowest BCUT2D eigenvalue weighted by Crippen LogP contribution is -2.37. The van der Waals surface area contributed by atoms with Gasteiger partial charge < -0.3 is 0 Å². The van der Waals surface area contributed by atoms with E-state index in [-0.39, 0.29) is 5.91 Å². The number of rotatable bonds is 3. The molecule has 0 radical (unpaired) electrons. The van der Waals surface area contributed by atoms with Crippen molar-refractivity contribution in [3.63, 3.8) is 0 Å². The number of carbonyl (C=O) groups is 1. The van der Waals surface area contributed by atoms with Crippen LogP contribution < -0.4 is 10.9 Å². The molecule has 1 heterocycles. The van der Waals surface area contributed by atoms with Gasteiger partial charge in [0, 0.05) is 18.9 Å². The van der Waals surface area contributed by atoms with E-state index in [0.29, 0.717) is 12.1 Å². The van der Waals surface area contributed by atoms with Crippen LogP contribution in [-0.4, -0.2) is 17.4 Å². The van der Waals surface area contributed by atoms with Gasteiger partial charge in [0.15, 0.2) is 0 Å². The fourth-order valence-corrected chi connectivity index (χ4v) is 0.738. The van der Waals surface area contributed by atoms with E-state index in [1.165, 1.54) is 6.20 Å². The van der Waals surface area contributed by atoms with Crippen molar-refractivity contribution < 1.29 is 4.79 Å². The van der Waals surface area contributed by atoms with E-state index in [1.807, 2.05) is 6.92 Å². The second-order valence-corrected chi connectivity index (χ2v) is 2.23. The molecule has 64 valence electrons. The minimum Gasteiger partial charge on any atom is -0.287 e. The van der Waals surface area contributed by atoms with Crippen molar-refractivity contribution in [2.24, 2.45) is 0 Å². The summed E-state index contributed by atoms with van der Waals surface area (Å²) in [5.74, 6) is -0.162. The lowest BCUT2D eigenvalue weighted by Gasteiger charge is -2.03. The molecule has 0 aliphatic heterocycles. The summed E-state index contributed by atoms with van der Waals surface area (Å²) >= 11 is 0. The van der Waals surface area contributed by atoms with E-state index in [1.54, 1.807) is 18.3 Å². The highest BCUT2D eigenvalue weighted by Gasteiger charge is 2.01. The molecule has 1 rings (SSSR count). The molecule has 0 bridgehead atoms. The molecule has 0 fully saturated rings. The number of hydrazine groups is 1. The number of hydrogen-bond acceptors (Lipinski definition) is 3. The summed E-state index contributed by atoms with van der Waals surface area (Å²) in [7, 11) is 0. The quantitative estimate of drug-likeness (QED) is 0.635. The predicted octanol–water partition coefficient (Wildman–Crippen LogP) is 0.336. The van der Waals surface area contributed by atoms with Crippen LogP contribution in [0.3, 0.4) is 0 Å². The van der Waals surface area contributed by atoms with E-state index >= 15 is 0 Å². The largest absolute Gasteiger partial charge is 0.287 e. The van der Waals surface area contributed by atoms with Gasteiger partial charge in [0.05, 0.1) is 5.56 Å². The highest BCUT2D eigenvalue weighted by Crippen LogP contribution is 1.93. The third kappa shape index (κ3) is 2.32. The molecular weight excluding hydrogens is 154 g/mol. The number of pyridine rings is 1. The summed E-state index contributed by atoms with van der Waals surface area (Å²) in [5, 5.41) is 0. The molecule has 0 saturated carbocycles. The zero-order chi connectivity index (χ0) is 8.81. The van der Waals surface area contributed by atoms with Crippen LogP contribution in [0.25, 0.3) is 0 Å². The third-order valence-electron chi connectivity index (χ3n) is 1.30. The van der Waals surface area contributed by atoms with Gasteiger partial charge in [-0.1, -0.05) is 6.92 Å². The second kappa shape index (κ2) is 4.46. The first-order valence-corrected chi connectivity index (χ1v) is 3.78. The van der Waals surface area contributed by atoms with Crippen LogP contribution >= 0.6 is 0 Å². The predicted molar refractivity (Wildman–Crippen MR) is 45.4 cm³/mol. The molecule has 12 heavy (non-hydrogen) atoms. The Labute approximate surface area is 71.0 Å². The summed E-state index contributed by atoms with van der Waals surface area (Å²) in [6, 6.07) is 3.43. The van der Waals surface area contributed by atoms with Gasteiger partial charge in [-0.05, 0) is 12.1 Å². The summed E-state index contributed by atoms with van der Waals surface area (Å²) < 4.78 is 0. The van der Waals surface area contributed by atoms with Gasteiger partial charge in [0.25, 0.3) is 5.91 Å². The van der Waals surface area contributed by atoms with Crippen LogP contribution in [-0.2, 0) is 0 Å². The Kier molecular flexibility index (Phi) is 3.22. The molecule has 0 saturated heterocycles. The standard InChI is InChI=1S/C8H11N3O/c1-2-10-11-8(12)7-4-3-5-9-6-7/h3-6,10H,2H2,1H3,(H,11,12). The highest BCUT2D eigenvalue weighted by atomic mass is 16.2. The maximum atomic E-state index is 11.2. The molecule has 0 unspecified atom stereocenters. The third-order valence-corrected chi connectivity index (χ3v) is 1.30. The van der Waals surface area contributed by atoms with E-state index in [9.17, 15) is 4.79 Å². The van der Waals surface area contributed by atoms with Gasteiger partial charge in [0.1, 0.15) is 0 Å². The maximum absolute atomic E-state index is 11.2. The molecular formula is C8H11N3O. The lowest BCUT2D eigenvalue weighted by molar-refractivity contribution is 0.0934. The zero-order valence-corrected chi connectivity index (χ0v) is 6.87. The van der Waals surface area contributed by atoms with Crippen LogP contribution in [0.4, 0.5) is 0 Å². The first-order valence-electron chi connectivity index (χ1n) is 3.78. The van der Waals surface area contributed by atoms with Crippen molar-refractivity contribution in [1.82, 2.24) is 15.8 Å². The van der Waals surface area contributed by atoms with E-state index < -0.39 is 0 Å². The molecule has 4 heteroatoms. The summed E-state index contributed by atoms with van der Waals surface area (Å²) in [4.78, 5) is 15.0. The van der Waals surface area contributed by atoms with Crippen molar-refractivity contribution >= 4 is 5.91 Å². The van der Waals surface area contributed by atoms with Crippen molar-refractivity contribution in [1.29, 1.82) is 0 Å². The van der Waals surface area contributed by atoms with Gasteiger partial charge in [0.2, 0.25) is 0 Å². The van der Waals surface area contributed by atoms with Gasteiger partial charge >= 0.3 is 0 Å². The van der Waals surface area contributed by atoms with Crippen molar-refractivity contribution in [3.8, 4) is 0 Å². The normalized spacial score (nSPS) is 9.42. The Balaban J connectivity index is 2.54. The Morgan fingerprint density at radius 2 is 2.50 bits per heavy atom. The van der Waals surface area contributed by atoms with Crippen LogP contribution in [0.2, 0.25) is 0 Å². The molecule has 0 spiro atoms. The Morgan fingerprint density at radius 3 is 3.08 bits per heavy atom. The summed E-state index contributed by atoms with van der Waals surface area (Å²) in [5.41, 5.74) is 5.79. The Hall–Kier alpha value is -1.42. The van der Waals surface area contributed by atoms with Crippen molar-refractivity contribution in [2.45, 2.75) is 6.92 Å². The van der Waals surface area contributed by atoms with E-state index in [0.717, 1.165) is 0 Å². The monoisotopic (exact) mass is 165 g/mol. The molecule has 0 atom stereocenters. The minimum atomic E-state index is -0.162. The minimum absolute atomic E-state index is 0.162. The molecule has 1 aromatic rings. The maximum Gasteiger partial charge on any atom is 0.266 e. The highest BCUT2D eigenvalue weighted by molar-refractivity contribution is 5.93. The number of aromatic nitrogens is 1. The van der Waals surface area contributed by atoms with Crippen molar-refractivity contribution in [3.05, 3.63) is 30.1 Å². The first kappa shape index (κ1) is 8.67. The van der Waals surface area contributed by atoms with Gasteiger partial charge in [-0.25, -0.2) is 5.43 Å². The number of nitrogens with one attached hydrogen (secondary N) is 2. The second-order valence-electron chi connectivity index (χ2n) is 2.23. The van der Waals surface area contributed by atoms with Gasteiger partial charge in [-0.2, -0.15) is 0 Å². The number of carbonyl (C=O) groups excluding carboxylic acids is 1. The average molecular weight is 165 g/mol. The van der Waals surface area contributed by atoms with Gasteiger partial charge in [-0.3, -0.25) is 15.2 Å². The molecule has 0 aliphatic carbocycles. The Morgan fingerprint density at radius 1 is 1.67 bits per heavy atom. The number of amides is 1. The van der Waals surface area contributed by atoms with Crippen molar-refractivity contribution in [2.75, 3.05) is 6.54 Å². The zero-order valence-electron chi connectivity index (χ0n) is 6.87. The molecule has 4 nitrogen and oxygen atoms in total. The number of nitrogens with zero attached hydrogens (tertiary/aromatic N) is 1. The van der Waals surface area contributed by atoms with Gasteiger partial charge in [-0.15, -0.1) is 0 Å². The van der Waals surface area contributed by atoms with Crippen LogP contribution in [0.1, 0.15) is 17.3 Å². The van der Waals surface area contributed by atoms with Crippen LogP contribution in [0.15, 0.2) is 24.5 Å². The summed E-state index contributed by atoms with van der Waals surface area (Å²) in [6.07, 6.45) is 3.15. The molecule has 1 aromatic heterocycles. The Bertz CT molecular complexity index is 248. The fourth-order valence-electron chi connectivity index (χ4n) is 0.738. The number of hydrogen-bond donors (Lipinski definition) is 2. The molecule has 2 N–H and O–H groups in total. The average Bonchev–Trinajstić information content (AvgIpc) is 2.15. The molecule has 0 aromatic carbocycles. The van der Waals surface area contributed by atoms with Crippen LogP contribution in [0.5, 0.6) is 0 Å². The first-order chi connectivity index (χ1) is 5.84. The lowest BCUT2D eigenvalue weighted by atomic mass is 10.3.